The largest absolute Gasteiger partial charge is 0.372 e. The fraction of sp³-hybridized carbons (Fsp3) is 0.500. The van der Waals surface area contributed by atoms with E-state index < -0.39 is 0 Å². The van der Waals surface area contributed by atoms with Crippen LogP contribution in [0.4, 0.5) is 4.39 Å². The van der Waals surface area contributed by atoms with Gasteiger partial charge in [0.25, 0.3) is 5.91 Å². The molecule has 2 fully saturated rings. The second kappa shape index (κ2) is 7.38. The highest BCUT2D eigenvalue weighted by Gasteiger charge is 2.38. The third-order valence-electron chi connectivity index (χ3n) is 5.15. The van der Waals surface area contributed by atoms with Gasteiger partial charge in [0.05, 0.1) is 17.6 Å². The number of amides is 1. The second-order valence-corrected chi connectivity index (χ2v) is 7.80. The number of rotatable bonds is 4. The van der Waals surface area contributed by atoms with E-state index in [1.54, 1.807) is 12.1 Å². The first-order valence-corrected chi connectivity index (χ1v) is 9.56. The van der Waals surface area contributed by atoms with E-state index in [4.69, 9.17) is 4.74 Å². The van der Waals surface area contributed by atoms with E-state index in [2.05, 4.69) is 14.5 Å². The summed E-state index contributed by atoms with van der Waals surface area (Å²) in [4.78, 5) is 17.7. The zero-order valence-corrected chi connectivity index (χ0v) is 15.4. The van der Waals surface area contributed by atoms with E-state index in [-0.39, 0.29) is 30.5 Å². The van der Waals surface area contributed by atoms with Crippen molar-refractivity contribution in [3.05, 3.63) is 46.2 Å². The van der Waals surface area contributed by atoms with Crippen LogP contribution in [0, 0.1) is 12.7 Å². The minimum atomic E-state index is -0.229. The van der Waals surface area contributed by atoms with Crippen LogP contribution in [0.3, 0.4) is 0 Å². The van der Waals surface area contributed by atoms with Crippen LogP contribution in [0.1, 0.15) is 27.3 Å². The summed E-state index contributed by atoms with van der Waals surface area (Å²) in [6.07, 6.45) is 0.921. The van der Waals surface area contributed by atoms with Gasteiger partial charge >= 0.3 is 0 Å². The van der Waals surface area contributed by atoms with Crippen LogP contribution < -0.4 is 0 Å². The number of aromatic nitrogens is 2. The molecule has 2 unspecified atom stereocenters. The summed E-state index contributed by atoms with van der Waals surface area (Å²) in [5.74, 6) is -0.265. The second-order valence-electron chi connectivity index (χ2n) is 6.84. The zero-order valence-electron chi connectivity index (χ0n) is 14.6. The van der Waals surface area contributed by atoms with Gasteiger partial charge in [-0.25, -0.2) is 4.39 Å². The lowest BCUT2D eigenvalue weighted by molar-refractivity contribution is 0.0437. The molecule has 2 saturated heterocycles. The van der Waals surface area contributed by atoms with Crippen LogP contribution in [-0.2, 0) is 11.3 Å². The van der Waals surface area contributed by atoms with Gasteiger partial charge in [0.15, 0.2) is 5.69 Å². The molecule has 3 heterocycles. The van der Waals surface area contributed by atoms with Crippen LogP contribution >= 0.6 is 11.5 Å². The molecule has 6 nitrogen and oxygen atoms in total. The first-order chi connectivity index (χ1) is 12.6. The molecule has 2 aliphatic heterocycles. The van der Waals surface area contributed by atoms with Crippen molar-refractivity contribution in [1.29, 1.82) is 0 Å². The number of hydrogen-bond acceptors (Lipinski definition) is 6. The van der Waals surface area contributed by atoms with E-state index in [1.165, 1.54) is 17.6 Å². The minimum absolute atomic E-state index is 0.0355. The maximum absolute atomic E-state index is 13.7. The SMILES string of the molecule is Cc1snnc1C(=O)N1CCN2CC(OCc3ccccc3F)CC2C1. The molecule has 2 atom stereocenters. The number of hydrogen-bond donors (Lipinski definition) is 0. The van der Waals surface area contributed by atoms with Crippen molar-refractivity contribution in [1.82, 2.24) is 19.4 Å². The number of ether oxygens (including phenoxy) is 1. The molecule has 1 aromatic carbocycles. The number of carbonyl (C=O) groups excluding carboxylic acids is 1. The third kappa shape index (κ3) is 3.49. The van der Waals surface area contributed by atoms with Crippen LogP contribution in [0.15, 0.2) is 24.3 Å². The molecule has 2 aliphatic rings. The van der Waals surface area contributed by atoms with E-state index in [9.17, 15) is 9.18 Å². The quantitative estimate of drug-likeness (QED) is 0.818. The lowest BCUT2D eigenvalue weighted by atomic mass is 10.1. The Hall–Kier alpha value is -1.90. The molecule has 138 valence electrons. The van der Waals surface area contributed by atoms with Crippen molar-refractivity contribution >= 4 is 17.4 Å². The molecule has 8 heteroatoms. The Kier molecular flexibility index (Phi) is 4.97. The van der Waals surface area contributed by atoms with Crippen LogP contribution in [0.5, 0.6) is 0 Å². The number of benzene rings is 1. The smallest absolute Gasteiger partial charge is 0.275 e. The number of piperazine rings is 1. The fourth-order valence-electron chi connectivity index (χ4n) is 3.70. The summed E-state index contributed by atoms with van der Waals surface area (Å²) in [6.45, 7) is 5.17. The van der Waals surface area contributed by atoms with Gasteiger partial charge in [0.2, 0.25) is 0 Å². The summed E-state index contributed by atoms with van der Waals surface area (Å²) in [7, 11) is 0. The molecular formula is C18H21FN4O2S. The number of nitrogens with zero attached hydrogens (tertiary/aromatic N) is 4. The molecule has 0 aliphatic carbocycles. The van der Waals surface area contributed by atoms with Crippen molar-refractivity contribution in [2.75, 3.05) is 26.2 Å². The highest BCUT2D eigenvalue weighted by Crippen LogP contribution is 2.26. The fourth-order valence-corrected chi connectivity index (χ4v) is 4.16. The van der Waals surface area contributed by atoms with Gasteiger partial charge in [-0.2, -0.15) is 0 Å². The van der Waals surface area contributed by atoms with E-state index in [0.717, 1.165) is 24.4 Å². The summed E-state index contributed by atoms with van der Waals surface area (Å²) < 4.78 is 23.5. The van der Waals surface area contributed by atoms with Crippen LogP contribution in [0.2, 0.25) is 0 Å². The molecule has 0 spiro atoms. The summed E-state index contributed by atoms with van der Waals surface area (Å²) in [6, 6.07) is 6.99. The topological polar surface area (TPSA) is 58.6 Å². The summed E-state index contributed by atoms with van der Waals surface area (Å²) >= 11 is 1.25. The van der Waals surface area contributed by atoms with Crippen molar-refractivity contribution in [2.45, 2.75) is 32.1 Å². The molecule has 0 saturated carbocycles. The van der Waals surface area contributed by atoms with Gasteiger partial charge < -0.3 is 9.64 Å². The molecule has 2 aromatic rings. The monoisotopic (exact) mass is 376 g/mol. The predicted octanol–water partition coefficient (Wildman–Crippen LogP) is 2.10. The molecule has 1 amide bonds. The lowest BCUT2D eigenvalue weighted by Crippen LogP contribution is -2.52. The average Bonchev–Trinajstić information content (AvgIpc) is 3.25. The van der Waals surface area contributed by atoms with Crippen molar-refractivity contribution in [3.63, 3.8) is 0 Å². The third-order valence-corrected chi connectivity index (χ3v) is 5.78. The molecule has 1 aromatic heterocycles. The van der Waals surface area contributed by atoms with Gasteiger partial charge in [-0.05, 0) is 30.9 Å². The van der Waals surface area contributed by atoms with Gasteiger partial charge in [-0.3, -0.25) is 9.69 Å². The Bertz CT molecular complexity index is 799. The van der Waals surface area contributed by atoms with Crippen LogP contribution in [-0.4, -0.2) is 63.6 Å². The first-order valence-electron chi connectivity index (χ1n) is 8.79. The molecule has 26 heavy (non-hydrogen) atoms. The average molecular weight is 376 g/mol. The zero-order chi connectivity index (χ0) is 18.1. The minimum Gasteiger partial charge on any atom is -0.372 e. The highest BCUT2D eigenvalue weighted by molar-refractivity contribution is 7.05. The maximum Gasteiger partial charge on any atom is 0.275 e. The van der Waals surface area contributed by atoms with Crippen molar-refractivity contribution in [3.8, 4) is 0 Å². The Balaban J connectivity index is 1.34. The van der Waals surface area contributed by atoms with Gasteiger partial charge in [-0.1, -0.05) is 22.7 Å². The maximum atomic E-state index is 13.7. The Labute approximate surface area is 155 Å². The summed E-state index contributed by atoms with van der Waals surface area (Å²) in [5.41, 5.74) is 1.05. The Morgan fingerprint density at radius 2 is 2.19 bits per heavy atom. The first kappa shape index (κ1) is 17.5. The normalized spacial score (nSPS) is 23.2. The highest BCUT2D eigenvalue weighted by atomic mass is 32.1. The van der Waals surface area contributed by atoms with E-state index >= 15 is 0 Å². The number of carbonyl (C=O) groups is 1. The van der Waals surface area contributed by atoms with Crippen molar-refractivity contribution < 1.29 is 13.9 Å². The van der Waals surface area contributed by atoms with Gasteiger partial charge in [0.1, 0.15) is 5.82 Å². The molecule has 4 rings (SSSR count). The van der Waals surface area contributed by atoms with E-state index in [0.29, 0.717) is 24.3 Å². The standard InChI is InChI=1S/C18H21FN4O2S/c1-12-17(20-21-26-12)18(24)23-7-6-22-10-15(8-14(22)9-23)25-11-13-4-2-3-5-16(13)19/h2-5,14-15H,6-11H2,1H3. The van der Waals surface area contributed by atoms with Crippen molar-refractivity contribution in [2.24, 2.45) is 0 Å². The molecule has 0 bridgehead atoms. The van der Waals surface area contributed by atoms with Crippen LogP contribution in [0.25, 0.3) is 0 Å². The number of aryl methyl sites for hydroxylation is 1. The van der Waals surface area contributed by atoms with Gasteiger partial charge in [0, 0.05) is 37.8 Å². The molecule has 0 N–H and O–H groups in total. The molecular weight excluding hydrogens is 355 g/mol. The predicted molar refractivity (Wildman–Crippen MR) is 95.5 cm³/mol. The Morgan fingerprint density at radius 3 is 2.96 bits per heavy atom. The Morgan fingerprint density at radius 1 is 1.35 bits per heavy atom. The summed E-state index contributed by atoms with van der Waals surface area (Å²) in [5, 5.41) is 3.97. The van der Waals surface area contributed by atoms with Gasteiger partial charge in [-0.15, -0.1) is 5.10 Å². The number of fused-ring (bicyclic) bond motifs is 1. The number of halogens is 1. The van der Waals surface area contributed by atoms with E-state index in [1.807, 2.05) is 17.9 Å². The lowest BCUT2D eigenvalue weighted by Gasteiger charge is -2.36. The molecule has 0 radical (unpaired) electrons.